The van der Waals surface area contributed by atoms with Gasteiger partial charge in [-0.2, -0.15) is 0 Å². The SMILES string of the molecule is CC1CCCC(OCC(=N)N)C1. The minimum atomic E-state index is 0.133. The van der Waals surface area contributed by atoms with Crippen LogP contribution in [0.15, 0.2) is 0 Å². The molecule has 2 atom stereocenters. The van der Waals surface area contributed by atoms with Crippen molar-refractivity contribution in [2.45, 2.75) is 38.7 Å². The summed E-state index contributed by atoms with van der Waals surface area (Å²) in [5.41, 5.74) is 5.20. The average Bonchev–Trinajstić information content (AvgIpc) is 2.01. The molecule has 0 aromatic rings. The molecule has 1 aliphatic rings. The molecule has 0 heterocycles. The Labute approximate surface area is 73.8 Å². The predicted octanol–water partition coefficient (Wildman–Crippen LogP) is 1.52. The van der Waals surface area contributed by atoms with E-state index in [-0.39, 0.29) is 5.84 Å². The van der Waals surface area contributed by atoms with E-state index in [2.05, 4.69) is 6.92 Å². The normalized spacial score (nSPS) is 30.1. The molecule has 1 rings (SSSR count). The first-order valence-electron chi connectivity index (χ1n) is 4.63. The molecular weight excluding hydrogens is 152 g/mol. The molecule has 3 N–H and O–H groups in total. The van der Waals surface area contributed by atoms with Crippen LogP contribution in [0.5, 0.6) is 0 Å². The van der Waals surface area contributed by atoms with Gasteiger partial charge in [0.05, 0.1) is 6.10 Å². The molecule has 0 aliphatic heterocycles. The number of hydrogen-bond acceptors (Lipinski definition) is 2. The van der Waals surface area contributed by atoms with Crippen molar-refractivity contribution in [2.24, 2.45) is 11.7 Å². The Kier molecular flexibility index (Phi) is 3.53. The Morgan fingerprint density at radius 2 is 2.33 bits per heavy atom. The molecule has 1 saturated carbocycles. The smallest absolute Gasteiger partial charge is 0.117 e. The summed E-state index contributed by atoms with van der Waals surface area (Å²) >= 11 is 0. The lowest BCUT2D eigenvalue weighted by atomic mass is 9.89. The van der Waals surface area contributed by atoms with Crippen molar-refractivity contribution in [1.29, 1.82) is 5.41 Å². The zero-order chi connectivity index (χ0) is 8.97. The number of nitrogens with two attached hydrogens (primary N) is 1. The molecule has 0 radical (unpaired) electrons. The zero-order valence-corrected chi connectivity index (χ0v) is 7.68. The Hall–Kier alpha value is -0.570. The lowest BCUT2D eigenvalue weighted by Crippen LogP contribution is -2.26. The van der Waals surface area contributed by atoms with E-state index >= 15 is 0 Å². The highest BCUT2D eigenvalue weighted by Gasteiger charge is 2.18. The van der Waals surface area contributed by atoms with Crippen LogP contribution in [-0.4, -0.2) is 18.5 Å². The summed E-state index contributed by atoms with van der Waals surface area (Å²) in [6, 6.07) is 0. The van der Waals surface area contributed by atoms with Crippen LogP contribution in [0.1, 0.15) is 32.6 Å². The molecule has 70 valence electrons. The van der Waals surface area contributed by atoms with Gasteiger partial charge in [-0.1, -0.05) is 19.8 Å². The van der Waals surface area contributed by atoms with E-state index in [4.69, 9.17) is 15.9 Å². The van der Waals surface area contributed by atoms with Crippen LogP contribution in [0.4, 0.5) is 0 Å². The Bertz CT molecular complexity index is 159. The second-order valence-electron chi connectivity index (χ2n) is 3.73. The lowest BCUT2D eigenvalue weighted by Gasteiger charge is -2.26. The average molecular weight is 170 g/mol. The fourth-order valence-corrected chi connectivity index (χ4v) is 1.74. The van der Waals surface area contributed by atoms with Crippen molar-refractivity contribution in [2.75, 3.05) is 6.61 Å². The monoisotopic (exact) mass is 170 g/mol. The van der Waals surface area contributed by atoms with E-state index in [1.165, 1.54) is 12.8 Å². The molecule has 3 heteroatoms. The number of ether oxygens (including phenoxy) is 1. The molecule has 3 nitrogen and oxygen atoms in total. The van der Waals surface area contributed by atoms with Crippen LogP contribution in [-0.2, 0) is 4.74 Å². The van der Waals surface area contributed by atoms with E-state index in [1.54, 1.807) is 0 Å². The van der Waals surface area contributed by atoms with E-state index in [9.17, 15) is 0 Å². The minimum Gasteiger partial charge on any atom is -0.386 e. The first kappa shape index (κ1) is 9.52. The van der Waals surface area contributed by atoms with Gasteiger partial charge in [-0.05, 0) is 18.8 Å². The van der Waals surface area contributed by atoms with Gasteiger partial charge in [0.25, 0.3) is 0 Å². The molecule has 1 aliphatic carbocycles. The van der Waals surface area contributed by atoms with Crippen molar-refractivity contribution in [3.05, 3.63) is 0 Å². The number of amidine groups is 1. The Morgan fingerprint density at radius 3 is 2.92 bits per heavy atom. The maximum absolute atomic E-state index is 7.02. The summed E-state index contributed by atoms with van der Waals surface area (Å²) in [5, 5.41) is 7.02. The zero-order valence-electron chi connectivity index (χ0n) is 7.68. The van der Waals surface area contributed by atoms with Crippen molar-refractivity contribution in [3.8, 4) is 0 Å². The lowest BCUT2D eigenvalue weighted by molar-refractivity contribution is 0.0373. The quantitative estimate of drug-likeness (QED) is 0.498. The van der Waals surface area contributed by atoms with Crippen molar-refractivity contribution < 1.29 is 4.74 Å². The van der Waals surface area contributed by atoms with Crippen molar-refractivity contribution in [3.63, 3.8) is 0 Å². The molecule has 12 heavy (non-hydrogen) atoms. The second kappa shape index (κ2) is 4.45. The number of nitrogens with one attached hydrogen (secondary N) is 1. The summed E-state index contributed by atoms with van der Waals surface area (Å²) in [7, 11) is 0. The highest BCUT2D eigenvalue weighted by atomic mass is 16.5. The molecule has 0 bridgehead atoms. The topological polar surface area (TPSA) is 59.1 Å². The van der Waals surface area contributed by atoms with E-state index < -0.39 is 0 Å². The van der Waals surface area contributed by atoms with Gasteiger partial charge in [0.1, 0.15) is 12.4 Å². The van der Waals surface area contributed by atoms with Crippen LogP contribution in [0.3, 0.4) is 0 Å². The maximum atomic E-state index is 7.02. The van der Waals surface area contributed by atoms with Gasteiger partial charge in [-0.15, -0.1) is 0 Å². The first-order chi connectivity index (χ1) is 5.68. The van der Waals surface area contributed by atoms with Gasteiger partial charge in [0, 0.05) is 0 Å². The van der Waals surface area contributed by atoms with Gasteiger partial charge in [0.15, 0.2) is 0 Å². The molecular formula is C9H18N2O. The van der Waals surface area contributed by atoms with Crippen LogP contribution in [0, 0.1) is 11.3 Å². The second-order valence-corrected chi connectivity index (χ2v) is 3.73. The summed E-state index contributed by atoms with van der Waals surface area (Å²) in [5.74, 6) is 0.906. The third kappa shape index (κ3) is 3.22. The predicted molar refractivity (Wildman–Crippen MR) is 49.3 cm³/mol. The molecule has 0 amide bonds. The highest BCUT2D eigenvalue weighted by Crippen LogP contribution is 2.25. The van der Waals surface area contributed by atoms with Crippen LogP contribution in [0.25, 0.3) is 0 Å². The molecule has 0 aromatic carbocycles. The minimum absolute atomic E-state index is 0.133. The summed E-state index contributed by atoms with van der Waals surface area (Å²) in [6.45, 7) is 2.56. The molecule has 0 aromatic heterocycles. The van der Waals surface area contributed by atoms with E-state index in [0.717, 1.165) is 18.8 Å². The number of hydrogen-bond donors (Lipinski definition) is 2. The first-order valence-corrected chi connectivity index (χ1v) is 4.63. The fraction of sp³-hybridized carbons (Fsp3) is 0.889. The number of rotatable bonds is 3. The molecule has 2 unspecified atom stereocenters. The van der Waals surface area contributed by atoms with Crippen LogP contribution in [0.2, 0.25) is 0 Å². The van der Waals surface area contributed by atoms with Gasteiger partial charge in [-0.25, -0.2) is 0 Å². The molecule has 0 saturated heterocycles. The highest BCUT2D eigenvalue weighted by molar-refractivity contribution is 5.78. The summed E-state index contributed by atoms with van der Waals surface area (Å²) in [4.78, 5) is 0. The van der Waals surface area contributed by atoms with Crippen molar-refractivity contribution >= 4 is 5.84 Å². The largest absolute Gasteiger partial charge is 0.386 e. The van der Waals surface area contributed by atoms with Gasteiger partial charge >= 0.3 is 0 Å². The summed E-state index contributed by atoms with van der Waals surface area (Å²) in [6.07, 6.45) is 5.19. The maximum Gasteiger partial charge on any atom is 0.117 e. The molecule has 1 fully saturated rings. The third-order valence-corrected chi connectivity index (χ3v) is 2.36. The van der Waals surface area contributed by atoms with Gasteiger partial charge in [0.2, 0.25) is 0 Å². The summed E-state index contributed by atoms with van der Waals surface area (Å²) < 4.78 is 5.47. The Morgan fingerprint density at radius 1 is 1.58 bits per heavy atom. The Balaban J connectivity index is 2.18. The molecule has 0 spiro atoms. The third-order valence-electron chi connectivity index (χ3n) is 2.36. The van der Waals surface area contributed by atoms with Crippen LogP contribution >= 0.6 is 0 Å². The standard InChI is InChI=1S/C9H18N2O/c1-7-3-2-4-8(5-7)12-6-9(10)11/h7-8H,2-6H2,1H3,(H3,10,11). The van der Waals surface area contributed by atoms with E-state index in [0.29, 0.717) is 12.7 Å². The van der Waals surface area contributed by atoms with Gasteiger partial charge < -0.3 is 10.5 Å². The van der Waals surface area contributed by atoms with Crippen molar-refractivity contribution in [1.82, 2.24) is 0 Å². The fourth-order valence-electron chi connectivity index (χ4n) is 1.74. The van der Waals surface area contributed by atoms with Gasteiger partial charge in [-0.3, -0.25) is 5.41 Å². The van der Waals surface area contributed by atoms with E-state index in [1.807, 2.05) is 0 Å². The van der Waals surface area contributed by atoms with Crippen LogP contribution < -0.4 is 5.73 Å².